The number of carbonyl (C=O) groups excluding carboxylic acids is 1. The number of ether oxygens (including phenoxy) is 1. The normalized spacial score (nSPS) is 15.2. The summed E-state index contributed by atoms with van der Waals surface area (Å²) in [6.07, 6.45) is 9.56. The van der Waals surface area contributed by atoms with Crippen LogP contribution in [0.4, 0.5) is 0 Å². The van der Waals surface area contributed by atoms with Gasteiger partial charge in [0.15, 0.2) is 0 Å². The fourth-order valence-electron chi connectivity index (χ4n) is 3.88. The van der Waals surface area contributed by atoms with E-state index in [4.69, 9.17) is 16.3 Å². The molecule has 0 aromatic heterocycles. The summed E-state index contributed by atoms with van der Waals surface area (Å²) >= 11 is 5.91. The fraction of sp³-hybridized carbons (Fsp3) is 0.708. The van der Waals surface area contributed by atoms with Crippen molar-refractivity contribution in [1.29, 1.82) is 0 Å². The number of piperidine rings is 1. The molecule has 0 aliphatic carbocycles. The van der Waals surface area contributed by atoms with Crippen LogP contribution in [-0.4, -0.2) is 62.1 Å². The molecule has 164 valence electrons. The number of hydrogen-bond donors (Lipinski definition) is 0. The molecule has 0 bridgehead atoms. The molecule has 1 saturated heterocycles. The summed E-state index contributed by atoms with van der Waals surface area (Å²) in [7, 11) is 2.22. The zero-order valence-electron chi connectivity index (χ0n) is 18.4. The number of nitrogens with zero attached hydrogens (tertiary/aromatic N) is 2. The Hall–Kier alpha value is -1.10. The van der Waals surface area contributed by atoms with Crippen LogP contribution >= 0.6 is 11.6 Å². The van der Waals surface area contributed by atoms with Crippen molar-refractivity contribution >= 4 is 17.5 Å². The van der Waals surface area contributed by atoms with Crippen molar-refractivity contribution in [2.24, 2.45) is 5.92 Å². The van der Waals surface area contributed by atoms with Crippen LogP contribution in [0.25, 0.3) is 0 Å². The Balaban J connectivity index is 1.49. The predicted molar refractivity (Wildman–Crippen MR) is 122 cm³/mol. The molecule has 1 amide bonds. The van der Waals surface area contributed by atoms with Gasteiger partial charge in [-0.2, -0.15) is 0 Å². The minimum absolute atomic E-state index is 0.121. The molecule has 1 fully saturated rings. The van der Waals surface area contributed by atoms with E-state index in [0.29, 0.717) is 10.9 Å². The Kier molecular flexibility index (Phi) is 11.7. The molecule has 1 aromatic rings. The standard InChI is InChI=1S/C24H39ClN2O2/c1-3-4-5-15-26(2)16-6-7-19-29-20-14-21-12-17-27(18-13-21)24(28)22-8-10-23(25)11-9-22/h8-11,21H,3-7,12-20H2,1-2H3. The van der Waals surface area contributed by atoms with Gasteiger partial charge in [0, 0.05) is 36.9 Å². The second-order valence-electron chi connectivity index (χ2n) is 8.36. The highest BCUT2D eigenvalue weighted by atomic mass is 35.5. The Morgan fingerprint density at radius 3 is 2.38 bits per heavy atom. The average molecular weight is 423 g/mol. The van der Waals surface area contributed by atoms with Crippen LogP contribution in [-0.2, 0) is 4.74 Å². The molecular weight excluding hydrogens is 384 g/mol. The number of halogens is 1. The van der Waals surface area contributed by atoms with Crippen LogP contribution in [0.15, 0.2) is 24.3 Å². The molecule has 1 aliphatic rings. The maximum absolute atomic E-state index is 12.6. The summed E-state index contributed by atoms with van der Waals surface area (Å²) in [6.45, 7) is 8.05. The quantitative estimate of drug-likeness (QED) is 0.393. The van der Waals surface area contributed by atoms with Crippen molar-refractivity contribution in [3.05, 3.63) is 34.9 Å². The zero-order chi connectivity index (χ0) is 20.9. The second kappa shape index (κ2) is 14.0. The van der Waals surface area contributed by atoms with Crippen LogP contribution in [0.5, 0.6) is 0 Å². The first-order valence-electron chi connectivity index (χ1n) is 11.4. The lowest BCUT2D eigenvalue weighted by molar-refractivity contribution is 0.0648. The lowest BCUT2D eigenvalue weighted by Gasteiger charge is -2.32. The molecular formula is C24H39ClN2O2. The summed E-state index contributed by atoms with van der Waals surface area (Å²) in [5.74, 6) is 0.796. The van der Waals surface area contributed by atoms with E-state index in [-0.39, 0.29) is 5.91 Å². The van der Waals surface area contributed by atoms with Crippen molar-refractivity contribution in [2.75, 3.05) is 46.4 Å². The number of rotatable bonds is 13. The second-order valence-corrected chi connectivity index (χ2v) is 8.80. The Morgan fingerprint density at radius 1 is 1.07 bits per heavy atom. The third kappa shape index (κ3) is 9.50. The van der Waals surface area contributed by atoms with E-state index in [0.717, 1.165) is 57.6 Å². The van der Waals surface area contributed by atoms with Gasteiger partial charge in [0.1, 0.15) is 0 Å². The van der Waals surface area contributed by atoms with E-state index in [2.05, 4.69) is 18.9 Å². The van der Waals surface area contributed by atoms with E-state index in [1.807, 2.05) is 17.0 Å². The Morgan fingerprint density at radius 2 is 1.72 bits per heavy atom. The van der Waals surface area contributed by atoms with Gasteiger partial charge in [-0.05, 0) is 88.8 Å². The van der Waals surface area contributed by atoms with Crippen molar-refractivity contribution in [3.63, 3.8) is 0 Å². The minimum Gasteiger partial charge on any atom is -0.381 e. The smallest absolute Gasteiger partial charge is 0.253 e. The maximum atomic E-state index is 12.6. The van der Waals surface area contributed by atoms with Crippen molar-refractivity contribution < 1.29 is 9.53 Å². The first-order chi connectivity index (χ1) is 14.1. The van der Waals surface area contributed by atoms with E-state index < -0.39 is 0 Å². The van der Waals surface area contributed by atoms with Crippen molar-refractivity contribution in [1.82, 2.24) is 9.80 Å². The number of benzene rings is 1. The molecule has 2 rings (SSSR count). The molecule has 0 saturated carbocycles. The number of amides is 1. The minimum atomic E-state index is 0.121. The van der Waals surface area contributed by atoms with Crippen LogP contribution in [0.1, 0.15) is 68.6 Å². The predicted octanol–water partition coefficient (Wildman–Crippen LogP) is 5.50. The number of likely N-dealkylation sites (tertiary alicyclic amines) is 1. The molecule has 4 nitrogen and oxygen atoms in total. The van der Waals surface area contributed by atoms with Gasteiger partial charge in [-0.25, -0.2) is 0 Å². The molecule has 0 N–H and O–H groups in total. The Labute approximate surface area is 182 Å². The highest BCUT2D eigenvalue weighted by Gasteiger charge is 2.23. The lowest BCUT2D eigenvalue weighted by atomic mass is 9.93. The van der Waals surface area contributed by atoms with E-state index in [9.17, 15) is 4.79 Å². The van der Waals surface area contributed by atoms with Crippen molar-refractivity contribution in [2.45, 2.75) is 58.3 Å². The molecule has 29 heavy (non-hydrogen) atoms. The van der Waals surface area contributed by atoms with Gasteiger partial charge in [-0.3, -0.25) is 4.79 Å². The number of carbonyl (C=O) groups is 1. The summed E-state index contributed by atoms with van der Waals surface area (Å²) in [6, 6.07) is 7.19. The highest BCUT2D eigenvalue weighted by Crippen LogP contribution is 2.22. The van der Waals surface area contributed by atoms with Gasteiger partial charge in [0.05, 0.1) is 0 Å². The van der Waals surface area contributed by atoms with Gasteiger partial charge in [-0.15, -0.1) is 0 Å². The molecule has 0 unspecified atom stereocenters. The zero-order valence-corrected chi connectivity index (χ0v) is 19.1. The van der Waals surface area contributed by atoms with Gasteiger partial charge in [0.2, 0.25) is 0 Å². The van der Waals surface area contributed by atoms with Crippen LogP contribution in [0.2, 0.25) is 5.02 Å². The van der Waals surface area contributed by atoms with Gasteiger partial charge < -0.3 is 14.5 Å². The van der Waals surface area contributed by atoms with E-state index in [1.165, 1.54) is 38.8 Å². The Bertz CT molecular complexity index is 571. The summed E-state index contributed by atoms with van der Waals surface area (Å²) in [5, 5.41) is 0.666. The van der Waals surface area contributed by atoms with Crippen LogP contribution < -0.4 is 0 Å². The third-order valence-electron chi connectivity index (χ3n) is 5.89. The molecule has 0 spiro atoms. The van der Waals surface area contributed by atoms with Gasteiger partial charge >= 0.3 is 0 Å². The van der Waals surface area contributed by atoms with E-state index >= 15 is 0 Å². The fourth-order valence-corrected chi connectivity index (χ4v) is 4.01. The van der Waals surface area contributed by atoms with E-state index in [1.54, 1.807) is 12.1 Å². The van der Waals surface area contributed by atoms with Crippen molar-refractivity contribution in [3.8, 4) is 0 Å². The molecule has 0 radical (unpaired) electrons. The number of unbranched alkanes of at least 4 members (excludes halogenated alkanes) is 3. The van der Waals surface area contributed by atoms with Gasteiger partial charge in [-0.1, -0.05) is 31.4 Å². The lowest BCUT2D eigenvalue weighted by Crippen LogP contribution is -2.38. The summed E-state index contributed by atoms with van der Waals surface area (Å²) in [5.41, 5.74) is 0.729. The first kappa shape index (κ1) is 24.2. The highest BCUT2D eigenvalue weighted by molar-refractivity contribution is 6.30. The third-order valence-corrected chi connectivity index (χ3v) is 6.14. The largest absolute Gasteiger partial charge is 0.381 e. The summed E-state index contributed by atoms with van der Waals surface area (Å²) < 4.78 is 5.86. The van der Waals surface area contributed by atoms with Crippen LogP contribution in [0, 0.1) is 5.92 Å². The number of hydrogen-bond acceptors (Lipinski definition) is 3. The van der Waals surface area contributed by atoms with Crippen LogP contribution in [0.3, 0.4) is 0 Å². The average Bonchev–Trinajstić information content (AvgIpc) is 2.74. The topological polar surface area (TPSA) is 32.8 Å². The SMILES string of the molecule is CCCCCN(C)CCCCOCCC1CCN(C(=O)c2ccc(Cl)cc2)CC1. The molecule has 5 heteroatoms. The molecule has 1 aromatic carbocycles. The molecule has 1 aliphatic heterocycles. The molecule has 1 heterocycles. The molecule has 0 atom stereocenters. The first-order valence-corrected chi connectivity index (χ1v) is 11.8. The maximum Gasteiger partial charge on any atom is 0.253 e. The monoisotopic (exact) mass is 422 g/mol. The van der Waals surface area contributed by atoms with Gasteiger partial charge in [0.25, 0.3) is 5.91 Å². The summed E-state index contributed by atoms with van der Waals surface area (Å²) in [4.78, 5) is 17.0.